The number of esters is 3. The summed E-state index contributed by atoms with van der Waals surface area (Å²) in [5.41, 5.74) is 0. The maximum absolute atomic E-state index is 12.9. The highest BCUT2D eigenvalue weighted by atomic mass is 16.6. The molecule has 0 rings (SSSR count). The van der Waals surface area contributed by atoms with Gasteiger partial charge in [0.1, 0.15) is 13.2 Å². The van der Waals surface area contributed by atoms with Crippen LogP contribution in [-0.2, 0) is 28.6 Å². The minimum atomic E-state index is -0.807. The standard InChI is InChI=1S/C66H110O6/c1-4-7-10-13-16-19-22-25-28-31-33-36-38-41-44-47-50-53-56-59-65(68)71-62-63(61-70-64(67)58-55-52-49-46-43-40-37-34-30-27-24-21-18-15-12-9-6-3)72-66(69)60-57-54-51-48-45-42-39-35-32-29-26-23-20-17-14-11-8-5-2/h7,10,13,16,19,22,25,28-29,31-33,35-36,38-39,41,44,63H,4-6,8-9,11-12,14-15,17-18,20-21,23-24,26-27,30,34,37,40,42-43,45-62H2,1-3H3/b10-7-,16-13-,22-19-,28-25-,32-29-,33-31+,38-36-,39-35-,44-41-. The quantitative estimate of drug-likeness (QED) is 0.0261. The molecule has 0 aliphatic rings. The van der Waals surface area contributed by atoms with Crippen molar-refractivity contribution in [3.05, 3.63) is 109 Å². The van der Waals surface area contributed by atoms with Crippen molar-refractivity contribution in [3.63, 3.8) is 0 Å². The Kier molecular flexibility index (Phi) is 56.4. The fourth-order valence-electron chi connectivity index (χ4n) is 8.24. The molecule has 1 unspecified atom stereocenters. The van der Waals surface area contributed by atoms with Gasteiger partial charge in [-0.25, -0.2) is 0 Å². The van der Waals surface area contributed by atoms with Gasteiger partial charge in [0, 0.05) is 19.3 Å². The van der Waals surface area contributed by atoms with Crippen molar-refractivity contribution in [2.75, 3.05) is 13.2 Å². The molecule has 0 bridgehead atoms. The Morgan fingerprint density at radius 2 is 0.542 bits per heavy atom. The van der Waals surface area contributed by atoms with E-state index in [1.807, 2.05) is 72.9 Å². The highest BCUT2D eigenvalue weighted by Gasteiger charge is 2.19. The second kappa shape index (κ2) is 59.6. The van der Waals surface area contributed by atoms with E-state index < -0.39 is 6.10 Å². The number of unbranched alkanes of at least 4 members (excludes halogenated alkanes) is 31. The summed E-state index contributed by atoms with van der Waals surface area (Å²) in [6.45, 7) is 6.46. The molecule has 0 aromatic heterocycles. The van der Waals surface area contributed by atoms with Crippen molar-refractivity contribution in [3.8, 4) is 0 Å². The maximum atomic E-state index is 12.9. The van der Waals surface area contributed by atoms with Crippen LogP contribution < -0.4 is 0 Å². The van der Waals surface area contributed by atoms with Gasteiger partial charge in [0.15, 0.2) is 6.10 Å². The van der Waals surface area contributed by atoms with Crippen LogP contribution in [0.5, 0.6) is 0 Å². The first kappa shape index (κ1) is 68.1. The van der Waals surface area contributed by atoms with Crippen LogP contribution in [-0.4, -0.2) is 37.2 Å². The van der Waals surface area contributed by atoms with Gasteiger partial charge in [0.2, 0.25) is 0 Å². The van der Waals surface area contributed by atoms with Crippen LogP contribution in [0.4, 0.5) is 0 Å². The zero-order valence-corrected chi connectivity index (χ0v) is 46.9. The molecule has 6 heteroatoms. The van der Waals surface area contributed by atoms with E-state index in [9.17, 15) is 14.4 Å². The summed E-state index contributed by atoms with van der Waals surface area (Å²) in [7, 11) is 0. The predicted molar refractivity (Wildman–Crippen MR) is 311 cm³/mol. The van der Waals surface area contributed by atoms with Crippen LogP contribution in [0, 0.1) is 0 Å². The van der Waals surface area contributed by atoms with Gasteiger partial charge in [0.25, 0.3) is 0 Å². The van der Waals surface area contributed by atoms with Crippen molar-refractivity contribution < 1.29 is 28.6 Å². The first-order chi connectivity index (χ1) is 35.5. The van der Waals surface area contributed by atoms with E-state index in [1.54, 1.807) is 0 Å². The Morgan fingerprint density at radius 1 is 0.292 bits per heavy atom. The highest BCUT2D eigenvalue weighted by molar-refractivity contribution is 5.71. The summed E-state index contributed by atoms with van der Waals surface area (Å²) in [5, 5.41) is 0. The first-order valence-electron chi connectivity index (χ1n) is 30.0. The van der Waals surface area contributed by atoms with Gasteiger partial charge in [-0.1, -0.05) is 297 Å². The molecule has 0 aromatic rings. The zero-order chi connectivity index (χ0) is 52.2. The predicted octanol–water partition coefficient (Wildman–Crippen LogP) is 20.3. The number of carbonyl (C=O) groups excluding carboxylic acids is 3. The molecular formula is C66H110O6. The topological polar surface area (TPSA) is 78.9 Å². The summed E-state index contributed by atoms with van der Waals surface area (Å²) in [6.07, 6.45) is 80.7. The Morgan fingerprint density at radius 3 is 0.875 bits per heavy atom. The van der Waals surface area contributed by atoms with Crippen molar-refractivity contribution in [2.45, 2.75) is 277 Å². The summed E-state index contributed by atoms with van der Waals surface area (Å²) in [5.74, 6) is -0.954. The maximum Gasteiger partial charge on any atom is 0.306 e. The molecular weight excluding hydrogens is 889 g/mol. The molecule has 0 fully saturated rings. The number of hydrogen-bond acceptors (Lipinski definition) is 6. The SMILES string of the molecule is CC\C=C/C=C\C=C/C=C\C=C\C=C/C=C\CCCCCC(=O)OCC(COC(=O)CCCCCCCCCCCCCCCCCCC)OC(=O)CCCCCCC/C=C\C=C/CCCCCCCCC. The Labute approximate surface area is 444 Å². The van der Waals surface area contributed by atoms with Crippen LogP contribution in [0.2, 0.25) is 0 Å². The lowest BCUT2D eigenvalue weighted by Gasteiger charge is -2.18. The summed E-state index contributed by atoms with van der Waals surface area (Å²) < 4.78 is 16.9. The Hall–Kier alpha value is -3.93. The molecule has 6 nitrogen and oxygen atoms in total. The van der Waals surface area contributed by atoms with E-state index in [0.29, 0.717) is 19.3 Å². The molecule has 0 heterocycles. The molecule has 410 valence electrons. The van der Waals surface area contributed by atoms with Gasteiger partial charge in [-0.3, -0.25) is 14.4 Å². The molecule has 0 aliphatic heterocycles. The third kappa shape index (κ3) is 57.0. The van der Waals surface area contributed by atoms with E-state index in [0.717, 1.165) is 89.9 Å². The van der Waals surface area contributed by atoms with Gasteiger partial charge >= 0.3 is 17.9 Å². The lowest BCUT2D eigenvalue weighted by atomic mass is 10.0. The van der Waals surface area contributed by atoms with Crippen molar-refractivity contribution >= 4 is 17.9 Å². The van der Waals surface area contributed by atoms with Crippen molar-refractivity contribution in [1.82, 2.24) is 0 Å². The smallest absolute Gasteiger partial charge is 0.306 e. The van der Waals surface area contributed by atoms with Gasteiger partial charge in [-0.2, -0.15) is 0 Å². The Bertz CT molecular complexity index is 1470. The minimum Gasteiger partial charge on any atom is -0.462 e. The van der Waals surface area contributed by atoms with Crippen LogP contribution in [0.25, 0.3) is 0 Å². The van der Waals surface area contributed by atoms with E-state index in [2.05, 4.69) is 57.2 Å². The van der Waals surface area contributed by atoms with Crippen LogP contribution >= 0.6 is 0 Å². The first-order valence-corrected chi connectivity index (χ1v) is 30.0. The van der Waals surface area contributed by atoms with Gasteiger partial charge in [0.05, 0.1) is 0 Å². The fourth-order valence-corrected chi connectivity index (χ4v) is 8.24. The molecule has 0 saturated carbocycles. The number of allylic oxidation sites excluding steroid dienone is 18. The van der Waals surface area contributed by atoms with E-state index in [-0.39, 0.29) is 31.1 Å². The number of ether oxygens (including phenoxy) is 3. The van der Waals surface area contributed by atoms with Crippen molar-refractivity contribution in [1.29, 1.82) is 0 Å². The van der Waals surface area contributed by atoms with Gasteiger partial charge in [-0.15, -0.1) is 0 Å². The Balaban J connectivity index is 4.51. The molecule has 1 atom stereocenters. The average Bonchev–Trinajstić information content (AvgIpc) is 3.38. The summed E-state index contributed by atoms with van der Waals surface area (Å²) in [6, 6.07) is 0. The monoisotopic (exact) mass is 999 g/mol. The van der Waals surface area contributed by atoms with E-state index in [4.69, 9.17) is 14.2 Å². The third-order valence-electron chi connectivity index (χ3n) is 12.7. The highest BCUT2D eigenvalue weighted by Crippen LogP contribution is 2.16. The lowest BCUT2D eigenvalue weighted by molar-refractivity contribution is -0.167. The number of rotatable bonds is 53. The molecule has 0 radical (unpaired) electrons. The average molecular weight is 1000 g/mol. The van der Waals surface area contributed by atoms with E-state index >= 15 is 0 Å². The number of hydrogen-bond donors (Lipinski definition) is 0. The third-order valence-corrected chi connectivity index (χ3v) is 12.7. The second-order valence-electron chi connectivity index (χ2n) is 19.7. The van der Waals surface area contributed by atoms with Gasteiger partial charge in [-0.05, 0) is 64.2 Å². The molecule has 0 amide bonds. The summed E-state index contributed by atoms with van der Waals surface area (Å²) in [4.78, 5) is 38.2. The molecule has 0 aliphatic carbocycles. The molecule has 0 spiro atoms. The van der Waals surface area contributed by atoms with Gasteiger partial charge < -0.3 is 14.2 Å². The zero-order valence-electron chi connectivity index (χ0n) is 46.9. The minimum absolute atomic E-state index is 0.0987. The van der Waals surface area contributed by atoms with Crippen molar-refractivity contribution in [2.24, 2.45) is 0 Å². The van der Waals surface area contributed by atoms with Crippen LogP contribution in [0.1, 0.15) is 271 Å². The second-order valence-corrected chi connectivity index (χ2v) is 19.7. The van der Waals surface area contributed by atoms with E-state index in [1.165, 1.54) is 141 Å². The fraction of sp³-hybridized carbons (Fsp3) is 0.682. The molecule has 0 saturated heterocycles. The largest absolute Gasteiger partial charge is 0.462 e. The molecule has 0 aromatic carbocycles. The molecule has 0 N–H and O–H groups in total. The lowest BCUT2D eigenvalue weighted by Crippen LogP contribution is -2.30. The van der Waals surface area contributed by atoms with Crippen LogP contribution in [0.3, 0.4) is 0 Å². The number of carbonyl (C=O) groups is 3. The normalized spacial score (nSPS) is 12.9. The summed E-state index contributed by atoms with van der Waals surface area (Å²) >= 11 is 0. The van der Waals surface area contributed by atoms with Crippen LogP contribution in [0.15, 0.2) is 109 Å². The molecule has 72 heavy (non-hydrogen) atoms.